The van der Waals surface area contributed by atoms with Gasteiger partial charge in [0.05, 0.1) is 12.2 Å². The number of hydrogen-bond acceptors (Lipinski definition) is 7. The molecule has 9 heteroatoms. The predicted octanol–water partition coefficient (Wildman–Crippen LogP) is -1.36. The lowest BCUT2D eigenvalue weighted by atomic mass is 9.97. The normalized spacial score (nSPS) is 29.8. The molecule has 8 nitrogen and oxygen atoms in total. The van der Waals surface area contributed by atoms with Crippen molar-refractivity contribution in [2.24, 2.45) is 5.73 Å². The number of hydrogen-bond donors (Lipinski definition) is 5. The Bertz CT molecular complexity index is 613. The summed E-state index contributed by atoms with van der Waals surface area (Å²) in [5.41, 5.74) is 6.11. The van der Waals surface area contributed by atoms with Gasteiger partial charge in [-0.05, 0) is 12.1 Å². The Morgan fingerprint density at radius 3 is 2.62 bits per heavy atom. The Balaban J connectivity index is 2.30. The molecule has 24 heavy (non-hydrogen) atoms. The van der Waals surface area contributed by atoms with E-state index in [9.17, 15) is 20.1 Å². The van der Waals surface area contributed by atoms with Crippen LogP contribution >= 0.6 is 12.2 Å². The summed E-state index contributed by atoms with van der Waals surface area (Å²) in [6, 6.07) is 5.64. The van der Waals surface area contributed by atoms with E-state index >= 15 is 0 Å². The van der Waals surface area contributed by atoms with Crippen molar-refractivity contribution < 1.29 is 29.6 Å². The van der Waals surface area contributed by atoms with Crippen molar-refractivity contribution in [2.45, 2.75) is 37.6 Å². The van der Waals surface area contributed by atoms with Crippen molar-refractivity contribution in [2.75, 3.05) is 6.61 Å². The van der Waals surface area contributed by atoms with Crippen LogP contribution in [0.2, 0.25) is 0 Å². The van der Waals surface area contributed by atoms with Crippen LogP contribution < -0.4 is 15.8 Å². The van der Waals surface area contributed by atoms with Crippen LogP contribution in [0.3, 0.4) is 0 Å². The number of aliphatic hydroxyl groups is 3. The zero-order valence-electron chi connectivity index (χ0n) is 13.0. The molecular formula is C15H20N2O6S. The van der Waals surface area contributed by atoms with E-state index in [1.54, 1.807) is 24.3 Å². The zero-order chi connectivity index (χ0) is 17.9. The quantitative estimate of drug-likeness (QED) is 0.409. The van der Waals surface area contributed by atoms with E-state index in [0.29, 0.717) is 11.3 Å². The second kappa shape index (κ2) is 7.86. The molecule has 0 saturated carbocycles. The van der Waals surface area contributed by atoms with Gasteiger partial charge in [-0.1, -0.05) is 24.4 Å². The fourth-order valence-electron chi connectivity index (χ4n) is 2.47. The highest BCUT2D eigenvalue weighted by atomic mass is 32.1. The Kier molecular flexibility index (Phi) is 6.08. The lowest BCUT2D eigenvalue weighted by Gasteiger charge is -2.42. The van der Waals surface area contributed by atoms with Crippen LogP contribution in [-0.4, -0.2) is 63.5 Å². The molecule has 132 valence electrons. The van der Waals surface area contributed by atoms with Gasteiger partial charge in [0.2, 0.25) is 12.2 Å². The van der Waals surface area contributed by atoms with Crippen LogP contribution in [-0.2, 0) is 9.53 Å². The molecule has 0 aliphatic carbocycles. The smallest absolute Gasteiger partial charge is 0.223 e. The average molecular weight is 356 g/mol. The standard InChI is InChI=1S/C15H20N2O6S/c1-7(19)17-11-13(21)12(20)10(6-18)23-15(11)22-9-5-3-2-4-8(9)14(16)24/h2-5,10-13,15,18,20-21H,6H2,1H3,(H2,16,24)(H,17,19)/t10-,11-,12-,13-,15-/m1/s1. The second-order valence-electron chi connectivity index (χ2n) is 5.41. The largest absolute Gasteiger partial charge is 0.462 e. The number of para-hydroxylation sites is 1. The van der Waals surface area contributed by atoms with Gasteiger partial charge in [0.1, 0.15) is 35.1 Å². The third-order valence-electron chi connectivity index (χ3n) is 3.65. The highest BCUT2D eigenvalue weighted by molar-refractivity contribution is 7.80. The second-order valence-corrected chi connectivity index (χ2v) is 5.85. The van der Waals surface area contributed by atoms with E-state index in [1.165, 1.54) is 6.92 Å². The molecule has 1 fully saturated rings. The number of amides is 1. The summed E-state index contributed by atoms with van der Waals surface area (Å²) >= 11 is 4.96. The van der Waals surface area contributed by atoms with Crippen molar-refractivity contribution in [3.05, 3.63) is 29.8 Å². The fourth-order valence-corrected chi connectivity index (χ4v) is 2.64. The fraction of sp³-hybridized carbons (Fsp3) is 0.467. The maximum Gasteiger partial charge on any atom is 0.223 e. The lowest BCUT2D eigenvalue weighted by molar-refractivity contribution is -0.244. The molecule has 1 aromatic rings. The van der Waals surface area contributed by atoms with Gasteiger partial charge in [0, 0.05) is 6.92 Å². The van der Waals surface area contributed by atoms with Crippen molar-refractivity contribution >= 4 is 23.1 Å². The molecule has 6 N–H and O–H groups in total. The van der Waals surface area contributed by atoms with E-state index < -0.39 is 43.2 Å². The van der Waals surface area contributed by atoms with Crippen LogP contribution in [0.4, 0.5) is 0 Å². The highest BCUT2D eigenvalue weighted by Gasteiger charge is 2.46. The zero-order valence-corrected chi connectivity index (χ0v) is 13.8. The minimum Gasteiger partial charge on any atom is -0.462 e. The van der Waals surface area contributed by atoms with E-state index in [0.717, 1.165) is 0 Å². The number of benzene rings is 1. The number of rotatable bonds is 5. The summed E-state index contributed by atoms with van der Waals surface area (Å²) in [5, 5.41) is 32.0. The summed E-state index contributed by atoms with van der Waals surface area (Å²) < 4.78 is 11.2. The molecular weight excluding hydrogens is 336 g/mol. The van der Waals surface area contributed by atoms with E-state index in [-0.39, 0.29) is 4.99 Å². The molecule has 1 amide bonds. The van der Waals surface area contributed by atoms with Crippen LogP contribution in [0.5, 0.6) is 5.75 Å². The molecule has 1 aromatic carbocycles. The minimum absolute atomic E-state index is 0.108. The van der Waals surface area contributed by atoms with E-state index in [2.05, 4.69) is 5.32 Å². The monoisotopic (exact) mass is 356 g/mol. The third-order valence-corrected chi connectivity index (χ3v) is 3.87. The number of nitrogens with one attached hydrogen (secondary N) is 1. The van der Waals surface area contributed by atoms with Crippen LogP contribution in [0.25, 0.3) is 0 Å². The Labute approximate surface area is 144 Å². The summed E-state index contributed by atoms with van der Waals surface area (Å²) in [5.74, 6) is -0.140. The van der Waals surface area contributed by atoms with Gasteiger partial charge in [0.25, 0.3) is 0 Å². The number of thiocarbonyl (C=S) groups is 1. The molecule has 0 radical (unpaired) electrons. The predicted molar refractivity (Wildman–Crippen MR) is 88.3 cm³/mol. The topological polar surface area (TPSA) is 134 Å². The first-order valence-electron chi connectivity index (χ1n) is 7.30. The molecule has 1 aliphatic rings. The van der Waals surface area contributed by atoms with E-state index in [1.807, 2.05) is 0 Å². The molecule has 1 saturated heterocycles. The Hall–Kier alpha value is -1.78. The number of carbonyl (C=O) groups excluding carboxylic acids is 1. The molecule has 2 rings (SSSR count). The van der Waals surface area contributed by atoms with Crippen LogP contribution in [0.15, 0.2) is 24.3 Å². The number of ether oxygens (including phenoxy) is 2. The molecule has 0 aromatic heterocycles. The number of carbonyl (C=O) groups is 1. The van der Waals surface area contributed by atoms with Gasteiger partial charge in [-0.3, -0.25) is 4.79 Å². The van der Waals surface area contributed by atoms with Crippen molar-refractivity contribution in [3.63, 3.8) is 0 Å². The Morgan fingerprint density at radius 2 is 2.04 bits per heavy atom. The highest BCUT2D eigenvalue weighted by Crippen LogP contribution is 2.26. The molecule has 1 aliphatic heterocycles. The first kappa shape index (κ1) is 18.6. The maximum absolute atomic E-state index is 11.4. The van der Waals surface area contributed by atoms with Crippen molar-refractivity contribution in [1.29, 1.82) is 0 Å². The van der Waals surface area contributed by atoms with Gasteiger partial charge in [-0.15, -0.1) is 0 Å². The lowest BCUT2D eigenvalue weighted by Crippen LogP contribution is -2.65. The summed E-state index contributed by atoms with van der Waals surface area (Å²) in [4.78, 5) is 11.5. The first-order valence-corrected chi connectivity index (χ1v) is 7.71. The van der Waals surface area contributed by atoms with Gasteiger partial charge in [-0.25, -0.2) is 0 Å². The maximum atomic E-state index is 11.4. The summed E-state index contributed by atoms with van der Waals surface area (Å²) in [6.45, 7) is 0.735. The van der Waals surface area contributed by atoms with Crippen LogP contribution in [0, 0.1) is 0 Å². The number of aliphatic hydroxyl groups excluding tert-OH is 3. The first-order chi connectivity index (χ1) is 11.3. The average Bonchev–Trinajstić information content (AvgIpc) is 2.54. The minimum atomic E-state index is -1.39. The Morgan fingerprint density at radius 1 is 1.38 bits per heavy atom. The van der Waals surface area contributed by atoms with Gasteiger partial charge in [0.15, 0.2) is 0 Å². The summed E-state index contributed by atoms with van der Waals surface area (Å²) in [7, 11) is 0. The summed E-state index contributed by atoms with van der Waals surface area (Å²) in [6.07, 6.45) is -4.98. The molecule has 5 atom stereocenters. The number of nitrogens with two attached hydrogens (primary N) is 1. The van der Waals surface area contributed by atoms with Gasteiger partial charge < -0.3 is 35.8 Å². The molecule has 0 unspecified atom stereocenters. The van der Waals surface area contributed by atoms with Crippen molar-refractivity contribution in [3.8, 4) is 5.75 Å². The van der Waals surface area contributed by atoms with Gasteiger partial charge >= 0.3 is 0 Å². The third kappa shape index (κ3) is 4.00. The molecule has 0 spiro atoms. The SMILES string of the molecule is CC(=O)N[C@H]1[C@H](Oc2ccccc2C(N)=S)O[C@H](CO)[C@@H](O)[C@@H]1O. The van der Waals surface area contributed by atoms with Crippen molar-refractivity contribution in [1.82, 2.24) is 5.32 Å². The molecule has 1 heterocycles. The van der Waals surface area contributed by atoms with Crippen LogP contribution in [0.1, 0.15) is 12.5 Å². The molecule has 0 bridgehead atoms. The van der Waals surface area contributed by atoms with Gasteiger partial charge in [-0.2, -0.15) is 0 Å². The van der Waals surface area contributed by atoms with E-state index in [4.69, 9.17) is 27.4 Å².